The highest BCUT2D eigenvalue weighted by atomic mass is 14.9. The van der Waals surface area contributed by atoms with Gasteiger partial charge in [-0.25, -0.2) is 0 Å². The van der Waals surface area contributed by atoms with Gasteiger partial charge in [0.05, 0.1) is 0 Å². The predicted octanol–water partition coefficient (Wildman–Crippen LogP) is 4.62. The van der Waals surface area contributed by atoms with E-state index in [-0.39, 0.29) is 0 Å². The Kier molecular flexibility index (Phi) is 4.35. The van der Waals surface area contributed by atoms with Crippen molar-refractivity contribution in [1.29, 1.82) is 0 Å². The average Bonchev–Trinajstić information content (AvgIpc) is 3.19. The van der Waals surface area contributed by atoms with Gasteiger partial charge in [-0.1, -0.05) is 19.9 Å². The summed E-state index contributed by atoms with van der Waals surface area (Å²) in [5.74, 6) is 1.68. The van der Waals surface area contributed by atoms with Crippen LogP contribution in [0.5, 0.6) is 0 Å². The van der Waals surface area contributed by atoms with E-state index in [1.54, 1.807) is 5.56 Å². The van der Waals surface area contributed by atoms with E-state index in [9.17, 15) is 0 Å². The molecular weight excluding hydrogens is 230 g/mol. The highest BCUT2D eigenvalue weighted by molar-refractivity contribution is 5.46. The van der Waals surface area contributed by atoms with E-state index >= 15 is 0 Å². The summed E-state index contributed by atoms with van der Waals surface area (Å²) in [7, 11) is 0. The Balaban J connectivity index is 2.45. The molecule has 2 rings (SSSR count). The fraction of sp³-hybridized carbons (Fsp3) is 0.667. The van der Waals surface area contributed by atoms with E-state index in [0.29, 0.717) is 6.04 Å². The van der Waals surface area contributed by atoms with Crippen molar-refractivity contribution in [3.8, 4) is 0 Å². The fourth-order valence-corrected chi connectivity index (χ4v) is 3.38. The largest absolute Gasteiger partial charge is 0.310 e. The van der Waals surface area contributed by atoms with Gasteiger partial charge in [0.2, 0.25) is 0 Å². The Labute approximate surface area is 118 Å². The number of hydrogen-bond acceptors (Lipinski definition) is 1. The number of benzene rings is 1. The zero-order valence-corrected chi connectivity index (χ0v) is 13.4. The summed E-state index contributed by atoms with van der Waals surface area (Å²) in [4.78, 5) is 0. The van der Waals surface area contributed by atoms with Crippen LogP contribution in [0.15, 0.2) is 6.07 Å². The van der Waals surface area contributed by atoms with Crippen molar-refractivity contribution >= 4 is 0 Å². The van der Waals surface area contributed by atoms with E-state index in [0.717, 1.165) is 18.4 Å². The number of aryl methyl sites for hydroxylation is 2. The maximum absolute atomic E-state index is 3.76. The van der Waals surface area contributed by atoms with E-state index in [2.05, 4.69) is 52.9 Å². The summed E-state index contributed by atoms with van der Waals surface area (Å²) >= 11 is 0. The van der Waals surface area contributed by atoms with Crippen molar-refractivity contribution in [1.82, 2.24) is 5.32 Å². The SMILES string of the molecule is CCNC(c1c(C)c(C)cc(C)c1C)C(C)C1CC1. The molecule has 0 radical (unpaired) electrons. The first-order valence-corrected chi connectivity index (χ1v) is 7.78. The second kappa shape index (κ2) is 5.66. The Morgan fingerprint density at radius 3 is 2.05 bits per heavy atom. The molecule has 1 aromatic rings. The normalized spacial score (nSPS) is 18.4. The molecule has 1 aromatic carbocycles. The molecule has 0 aliphatic heterocycles. The lowest BCUT2D eigenvalue weighted by molar-refractivity contribution is 0.352. The van der Waals surface area contributed by atoms with Crippen LogP contribution in [-0.2, 0) is 0 Å². The molecule has 2 atom stereocenters. The number of nitrogens with one attached hydrogen (secondary N) is 1. The lowest BCUT2D eigenvalue weighted by Gasteiger charge is -2.30. The van der Waals surface area contributed by atoms with Gasteiger partial charge in [0.25, 0.3) is 0 Å². The first-order valence-electron chi connectivity index (χ1n) is 7.78. The lowest BCUT2D eigenvalue weighted by atomic mass is 9.83. The van der Waals surface area contributed by atoms with E-state index in [4.69, 9.17) is 0 Å². The van der Waals surface area contributed by atoms with Crippen LogP contribution in [0.3, 0.4) is 0 Å². The molecule has 1 fully saturated rings. The highest BCUT2D eigenvalue weighted by Crippen LogP contribution is 2.44. The molecule has 0 aromatic heterocycles. The van der Waals surface area contributed by atoms with Crippen molar-refractivity contribution in [2.24, 2.45) is 11.8 Å². The minimum Gasteiger partial charge on any atom is -0.310 e. The summed E-state index contributed by atoms with van der Waals surface area (Å²) < 4.78 is 0. The average molecular weight is 259 g/mol. The molecule has 106 valence electrons. The summed E-state index contributed by atoms with van der Waals surface area (Å²) in [6.07, 6.45) is 2.85. The minimum atomic E-state index is 0.524. The molecule has 1 N–H and O–H groups in total. The van der Waals surface area contributed by atoms with Gasteiger partial charge < -0.3 is 5.32 Å². The molecule has 1 heteroatoms. The Morgan fingerprint density at radius 2 is 1.63 bits per heavy atom. The van der Waals surface area contributed by atoms with Gasteiger partial charge in [-0.05, 0) is 86.7 Å². The fourth-order valence-electron chi connectivity index (χ4n) is 3.38. The molecule has 19 heavy (non-hydrogen) atoms. The Bertz CT molecular complexity index is 431. The first-order chi connectivity index (χ1) is 8.97. The van der Waals surface area contributed by atoms with Gasteiger partial charge in [-0.2, -0.15) is 0 Å². The van der Waals surface area contributed by atoms with Gasteiger partial charge in [0.1, 0.15) is 0 Å². The van der Waals surface area contributed by atoms with Gasteiger partial charge in [-0.15, -0.1) is 0 Å². The predicted molar refractivity (Wildman–Crippen MR) is 83.7 cm³/mol. The molecule has 0 saturated heterocycles. The van der Waals surface area contributed by atoms with Crippen molar-refractivity contribution < 1.29 is 0 Å². The maximum Gasteiger partial charge on any atom is 0.0354 e. The number of rotatable bonds is 5. The zero-order valence-electron chi connectivity index (χ0n) is 13.4. The Hall–Kier alpha value is -0.820. The summed E-state index contributed by atoms with van der Waals surface area (Å²) in [5.41, 5.74) is 7.41. The van der Waals surface area contributed by atoms with Crippen LogP contribution in [0.25, 0.3) is 0 Å². The van der Waals surface area contributed by atoms with Gasteiger partial charge in [0.15, 0.2) is 0 Å². The third-order valence-electron chi connectivity index (χ3n) is 5.05. The van der Waals surface area contributed by atoms with Gasteiger partial charge >= 0.3 is 0 Å². The minimum absolute atomic E-state index is 0.524. The smallest absolute Gasteiger partial charge is 0.0354 e. The molecule has 1 aliphatic rings. The molecule has 1 nitrogen and oxygen atoms in total. The van der Waals surface area contributed by atoms with Crippen molar-refractivity contribution in [2.45, 2.75) is 60.4 Å². The molecule has 1 saturated carbocycles. The number of hydrogen-bond donors (Lipinski definition) is 1. The summed E-state index contributed by atoms with van der Waals surface area (Å²) in [6, 6.07) is 2.86. The van der Waals surface area contributed by atoms with Gasteiger partial charge in [-0.3, -0.25) is 0 Å². The van der Waals surface area contributed by atoms with Crippen LogP contribution in [0.1, 0.15) is 60.5 Å². The van der Waals surface area contributed by atoms with Crippen molar-refractivity contribution in [3.05, 3.63) is 33.9 Å². The van der Waals surface area contributed by atoms with Crippen LogP contribution < -0.4 is 5.32 Å². The third-order valence-corrected chi connectivity index (χ3v) is 5.05. The van der Waals surface area contributed by atoms with Crippen LogP contribution in [0.4, 0.5) is 0 Å². The topological polar surface area (TPSA) is 12.0 Å². The quantitative estimate of drug-likeness (QED) is 0.813. The van der Waals surface area contributed by atoms with E-state index in [1.807, 2.05) is 0 Å². The summed E-state index contributed by atoms with van der Waals surface area (Å²) in [6.45, 7) is 14.8. The van der Waals surface area contributed by atoms with E-state index < -0.39 is 0 Å². The van der Waals surface area contributed by atoms with Gasteiger partial charge in [0, 0.05) is 6.04 Å². The Morgan fingerprint density at radius 1 is 1.11 bits per heavy atom. The first kappa shape index (κ1) is 14.6. The molecular formula is C18H29N. The van der Waals surface area contributed by atoms with Crippen molar-refractivity contribution in [3.63, 3.8) is 0 Å². The van der Waals surface area contributed by atoms with Crippen LogP contribution in [-0.4, -0.2) is 6.54 Å². The van der Waals surface area contributed by atoms with Crippen LogP contribution in [0, 0.1) is 39.5 Å². The second-order valence-electron chi connectivity index (χ2n) is 6.41. The van der Waals surface area contributed by atoms with Crippen LogP contribution in [0.2, 0.25) is 0 Å². The molecule has 0 spiro atoms. The molecule has 0 bridgehead atoms. The van der Waals surface area contributed by atoms with Crippen molar-refractivity contribution in [2.75, 3.05) is 6.54 Å². The monoisotopic (exact) mass is 259 g/mol. The third kappa shape index (κ3) is 2.86. The second-order valence-corrected chi connectivity index (χ2v) is 6.41. The maximum atomic E-state index is 3.76. The van der Waals surface area contributed by atoms with E-state index in [1.165, 1.54) is 35.1 Å². The molecule has 0 heterocycles. The van der Waals surface area contributed by atoms with Crippen LogP contribution >= 0.6 is 0 Å². The molecule has 1 aliphatic carbocycles. The molecule has 2 unspecified atom stereocenters. The highest BCUT2D eigenvalue weighted by Gasteiger charge is 2.35. The lowest BCUT2D eigenvalue weighted by Crippen LogP contribution is -2.29. The summed E-state index contributed by atoms with van der Waals surface area (Å²) in [5, 5.41) is 3.76. The standard InChI is InChI=1S/C18H29N/c1-7-19-18(15(6)16-8-9-16)17-13(4)11(2)10-12(3)14(17)5/h10,15-16,18-19H,7-9H2,1-6H3. The zero-order chi connectivity index (χ0) is 14.2. The molecule has 0 amide bonds.